The fourth-order valence-electron chi connectivity index (χ4n) is 4.18. The Labute approximate surface area is 176 Å². The quantitative estimate of drug-likeness (QED) is 0.471. The molecule has 1 aliphatic heterocycles. The van der Waals surface area contributed by atoms with Crippen molar-refractivity contribution in [1.29, 1.82) is 0 Å². The topological polar surface area (TPSA) is 75.0 Å². The first kappa shape index (κ1) is 18.8. The van der Waals surface area contributed by atoms with Crippen LogP contribution in [-0.4, -0.2) is 21.0 Å². The number of carbonyl (C=O) groups is 1. The number of aromatic nitrogens is 3. The van der Waals surface area contributed by atoms with Gasteiger partial charge < -0.3 is 14.4 Å². The lowest BCUT2D eigenvalue weighted by Gasteiger charge is -2.23. The van der Waals surface area contributed by atoms with Gasteiger partial charge in [-0.1, -0.05) is 22.8 Å². The Morgan fingerprint density at radius 2 is 2.07 bits per heavy atom. The molecule has 2 aromatic heterocycles. The van der Waals surface area contributed by atoms with E-state index in [-0.39, 0.29) is 17.0 Å². The molecule has 1 amide bonds. The Kier molecular flexibility index (Phi) is 4.36. The van der Waals surface area contributed by atoms with E-state index >= 15 is 0 Å². The van der Waals surface area contributed by atoms with Crippen molar-refractivity contribution in [3.05, 3.63) is 64.5 Å². The number of H-pyrrole nitrogens is 1. The van der Waals surface area contributed by atoms with E-state index in [4.69, 9.17) is 21.1 Å². The number of carbonyl (C=O) groups excluding carboxylic acids is 1. The van der Waals surface area contributed by atoms with Crippen LogP contribution in [0.15, 0.2) is 40.9 Å². The number of rotatable bonds is 3. The molecule has 0 radical (unpaired) electrons. The Bertz CT molecular complexity index is 1260. The number of aromatic amines is 1. The molecule has 0 aliphatic carbocycles. The summed E-state index contributed by atoms with van der Waals surface area (Å²) < 4.78 is 19.2. The SMILES string of the molecule is Cc1noc(C)c1-c1ccc2nc(C3CCC(=O)N3c3cc(F)cc(Cl)c3)[nH]c2c1. The van der Waals surface area contributed by atoms with Crippen molar-refractivity contribution in [3.8, 4) is 11.1 Å². The Morgan fingerprint density at radius 3 is 2.80 bits per heavy atom. The minimum Gasteiger partial charge on any atom is -0.361 e. The second-order valence-corrected chi connectivity index (χ2v) is 7.94. The van der Waals surface area contributed by atoms with Gasteiger partial charge in [0.2, 0.25) is 5.91 Å². The molecule has 3 heterocycles. The van der Waals surface area contributed by atoms with E-state index in [1.165, 1.54) is 12.1 Å². The van der Waals surface area contributed by atoms with Gasteiger partial charge in [-0.25, -0.2) is 9.37 Å². The van der Waals surface area contributed by atoms with Crippen LogP contribution in [0.4, 0.5) is 10.1 Å². The second kappa shape index (κ2) is 6.95. The largest absolute Gasteiger partial charge is 0.361 e. The molecule has 0 spiro atoms. The minimum atomic E-state index is -0.482. The summed E-state index contributed by atoms with van der Waals surface area (Å²) in [5.41, 5.74) is 4.83. The summed E-state index contributed by atoms with van der Waals surface area (Å²) >= 11 is 6.01. The van der Waals surface area contributed by atoms with Gasteiger partial charge in [0.25, 0.3) is 0 Å². The summed E-state index contributed by atoms with van der Waals surface area (Å²) in [6, 6.07) is 9.72. The van der Waals surface area contributed by atoms with Crippen LogP contribution >= 0.6 is 11.6 Å². The lowest BCUT2D eigenvalue weighted by atomic mass is 10.0. The van der Waals surface area contributed by atoms with Gasteiger partial charge in [0.05, 0.1) is 22.8 Å². The second-order valence-electron chi connectivity index (χ2n) is 7.50. The average Bonchev–Trinajstić information content (AvgIpc) is 3.37. The summed E-state index contributed by atoms with van der Waals surface area (Å²) in [6.45, 7) is 3.78. The third-order valence-corrected chi connectivity index (χ3v) is 5.69. The molecule has 2 aromatic carbocycles. The van der Waals surface area contributed by atoms with Gasteiger partial charge in [0.1, 0.15) is 17.4 Å². The van der Waals surface area contributed by atoms with Crippen LogP contribution in [0.1, 0.15) is 36.2 Å². The van der Waals surface area contributed by atoms with E-state index in [1.54, 1.807) is 11.0 Å². The summed E-state index contributed by atoms with van der Waals surface area (Å²) in [5.74, 6) is 0.845. The van der Waals surface area contributed by atoms with Crippen LogP contribution in [0.2, 0.25) is 5.02 Å². The Balaban J connectivity index is 1.56. The fraction of sp³-hybridized carbons (Fsp3) is 0.227. The third-order valence-electron chi connectivity index (χ3n) is 5.48. The molecule has 1 atom stereocenters. The van der Waals surface area contributed by atoms with Gasteiger partial charge in [0.15, 0.2) is 0 Å². The average molecular weight is 425 g/mol. The molecule has 0 saturated carbocycles. The van der Waals surface area contributed by atoms with E-state index in [9.17, 15) is 9.18 Å². The third kappa shape index (κ3) is 3.06. The van der Waals surface area contributed by atoms with Crippen LogP contribution in [0, 0.1) is 19.7 Å². The number of halogens is 2. The standard InChI is InChI=1S/C22H18ClFN4O2/c1-11-21(12(2)30-27-11)13-3-4-17-18(7-13)26-22(25-17)19-5-6-20(29)28(19)16-9-14(23)8-15(24)10-16/h3-4,7-10,19H,5-6H2,1-2H3,(H,25,26). The summed E-state index contributed by atoms with van der Waals surface area (Å²) in [5, 5.41) is 4.27. The van der Waals surface area contributed by atoms with E-state index in [0.717, 1.165) is 33.6 Å². The van der Waals surface area contributed by atoms with E-state index in [0.29, 0.717) is 24.4 Å². The Hall–Kier alpha value is -3.19. The molecule has 152 valence electrons. The zero-order chi connectivity index (χ0) is 21.0. The van der Waals surface area contributed by atoms with Crippen molar-refractivity contribution in [2.24, 2.45) is 0 Å². The van der Waals surface area contributed by atoms with Crippen LogP contribution in [0.3, 0.4) is 0 Å². The highest BCUT2D eigenvalue weighted by atomic mass is 35.5. The van der Waals surface area contributed by atoms with Crippen molar-refractivity contribution in [3.63, 3.8) is 0 Å². The van der Waals surface area contributed by atoms with Gasteiger partial charge in [0, 0.05) is 22.7 Å². The van der Waals surface area contributed by atoms with Gasteiger partial charge in [-0.05, 0) is 56.2 Å². The van der Waals surface area contributed by atoms with Gasteiger partial charge in [-0.3, -0.25) is 4.79 Å². The molecular formula is C22H18ClFN4O2. The monoisotopic (exact) mass is 424 g/mol. The zero-order valence-corrected chi connectivity index (χ0v) is 17.1. The first-order valence-corrected chi connectivity index (χ1v) is 9.99. The van der Waals surface area contributed by atoms with Gasteiger partial charge >= 0.3 is 0 Å². The normalized spacial score (nSPS) is 16.7. The maximum Gasteiger partial charge on any atom is 0.227 e. The molecule has 1 fully saturated rings. The van der Waals surface area contributed by atoms with Crippen molar-refractivity contribution < 1.29 is 13.7 Å². The lowest BCUT2D eigenvalue weighted by Crippen LogP contribution is -2.28. The number of aryl methyl sites for hydroxylation is 2. The Morgan fingerprint density at radius 1 is 1.23 bits per heavy atom. The number of anilines is 1. The minimum absolute atomic E-state index is 0.0847. The molecule has 5 rings (SSSR count). The van der Waals surface area contributed by atoms with Crippen LogP contribution < -0.4 is 4.90 Å². The van der Waals surface area contributed by atoms with Crippen molar-refractivity contribution in [1.82, 2.24) is 15.1 Å². The highest BCUT2D eigenvalue weighted by molar-refractivity contribution is 6.31. The van der Waals surface area contributed by atoms with Crippen LogP contribution in [0.25, 0.3) is 22.2 Å². The molecule has 8 heteroatoms. The molecular weight excluding hydrogens is 407 g/mol. The maximum atomic E-state index is 13.9. The number of fused-ring (bicyclic) bond motifs is 1. The molecule has 6 nitrogen and oxygen atoms in total. The predicted molar refractivity (Wildman–Crippen MR) is 112 cm³/mol. The number of benzene rings is 2. The molecule has 1 N–H and O–H groups in total. The van der Waals surface area contributed by atoms with E-state index in [2.05, 4.69) is 10.1 Å². The first-order chi connectivity index (χ1) is 14.4. The molecule has 30 heavy (non-hydrogen) atoms. The number of nitrogens with zero attached hydrogens (tertiary/aromatic N) is 3. The number of nitrogens with one attached hydrogen (secondary N) is 1. The molecule has 0 bridgehead atoms. The highest BCUT2D eigenvalue weighted by Crippen LogP contribution is 2.38. The number of imidazole rings is 1. The zero-order valence-electron chi connectivity index (χ0n) is 16.4. The van der Waals surface area contributed by atoms with Crippen molar-refractivity contribution >= 4 is 34.2 Å². The molecule has 1 saturated heterocycles. The van der Waals surface area contributed by atoms with Crippen molar-refractivity contribution in [2.75, 3.05) is 4.90 Å². The summed E-state index contributed by atoms with van der Waals surface area (Å²) in [4.78, 5) is 22.2. The smallest absolute Gasteiger partial charge is 0.227 e. The number of hydrogen-bond donors (Lipinski definition) is 1. The van der Waals surface area contributed by atoms with Gasteiger partial charge in [-0.2, -0.15) is 0 Å². The predicted octanol–water partition coefficient (Wildman–Crippen LogP) is 5.50. The molecule has 1 unspecified atom stereocenters. The number of hydrogen-bond acceptors (Lipinski definition) is 4. The summed E-state index contributed by atoms with van der Waals surface area (Å²) in [7, 11) is 0. The highest BCUT2D eigenvalue weighted by Gasteiger charge is 2.35. The lowest BCUT2D eigenvalue weighted by molar-refractivity contribution is -0.117. The van der Waals surface area contributed by atoms with Crippen LogP contribution in [-0.2, 0) is 4.79 Å². The van der Waals surface area contributed by atoms with E-state index < -0.39 is 5.82 Å². The number of amides is 1. The van der Waals surface area contributed by atoms with Gasteiger partial charge in [-0.15, -0.1) is 0 Å². The molecule has 1 aliphatic rings. The first-order valence-electron chi connectivity index (χ1n) is 9.62. The molecule has 4 aromatic rings. The maximum absolute atomic E-state index is 13.9. The van der Waals surface area contributed by atoms with Crippen LogP contribution in [0.5, 0.6) is 0 Å². The van der Waals surface area contributed by atoms with E-state index in [1.807, 2.05) is 32.0 Å². The fourth-order valence-corrected chi connectivity index (χ4v) is 4.40. The summed E-state index contributed by atoms with van der Waals surface area (Å²) in [6.07, 6.45) is 0.948. The van der Waals surface area contributed by atoms with Crippen molar-refractivity contribution in [2.45, 2.75) is 32.7 Å².